The number of hydrogen-bond donors (Lipinski definition) is 1. The Morgan fingerprint density at radius 1 is 1.42 bits per heavy atom. The van der Waals surface area contributed by atoms with E-state index in [1.165, 1.54) is 13.2 Å². The van der Waals surface area contributed by atoms with Crippen molar-refractivity contribution in [2.75, 3.05) is 26.7 Å². The number of nitro groups is 1. The second kappa shape index (κ2) is 7.04. The maximum Gasteiger partial charge on any atom is 0.410 e. The quantitative estimate of drug-likeness (QED) is 0.673. The van der Waals surface area contributed by atoms with Gasteiger partial charge < -0.3 is 19.7 Å². The van der Waals surface area contributed by atoms with Gasteiger partial charge in [0, 0.05) is 25.2 Å². The highest BCUT2D eigenvalue weighted by Gasteiger charge is 2.31. The number of rotatable bonds is 3. The van der Waals surface area contributed by atoms with Crippen LogP contribution in [-0.4, -0.2) is 48.3 Å². The van der Waals surface area contributed by atoms with Gasteiger partial charge in [-0.15, -0.1) is 0 Å². The molecule has 1 aromatic rings. The van der Waals surface area contributed by atoms with Gasteiger partial charge in [0.25, 0.3) is 5.69 Å². The largest absolute Gasteiger partial charge is 0.497 e. The number of piperazine rings is 1. The predicted molar refractivity (Wildman–Crippen MR) is 88.2 cm³/mol. The summed E-state index contributed by atoms with van der Waals surface area (Å²) in [6.45, 7) is 6.75. The standard InChI is InChI=1S/C16H23N3O5/c1-16(2,3)24-15(20)18-8-7-17-13(10-18)12-6-5-11(23-4)9-14(12)19(21)22/h5-6,9,13,17H,7-8,10H2,1-4H3. The number of carbonyl (C=O) groups excluding carboxylic acids is 1. The molecule has 1 unspecified atom stereocenters. The lowest BCUT2D eigenvalue weighted by Crippen LogP contribution is -2.49. The van der Waals surface area contributed by atoms with Crippen molar-refractivity contribution in [1.29, 1.82) is 0 Å². The fourth-order valence-corrected chi connectivity index (χ4v) is 2.55. The van der Waals surface area contributed by atoms with Gasteiger partial charge >= 0.3 is 6.09 Å². The van der Waals surface area contributed by atoms with Gasteiger partial charge in [-0.1, -0.05) is 0 Å². The molecule has 1 aromatic carbocycles. The summed E-state index contributed by atoms with van der Waals surface area (Å²) in [7, 11) is 1.46. The molecule has 132 valence electrons. The number of carbonyl (C=O) groups is 1. The molecule has 0 bridgehead atoms. The second-order valence-corrected chi connectivity index (χ2v) is 6.61. The van der Waals surface area contributed by atoms with Crippen molar-refractivity contribution in [3.05, 3.63) is 33.9 Å². The SMILES string of the molecule is COc1ccc(C2CN(C(=O)OC(C)(C)C)CCN2)c([N+](=O)[O-])c1. The lowest BCUT2D eigenvalue weighted by Gasteiger charge is -2.34. The first kappa shape index (κ1) is 18.0. The fourth-order valence-electron chi connectivity index (χ4n) is 2.55. The number of benzene rings is 1. The summed E-state index contributed by atoms with van der Waals surface area (Å²) in [5.41, 5.74) is -0.0873. The Labute approximate surface area is 140 Å². The van der Waals surface area contributed by atoms with Gasteiger partial charge in [0.2, 0.25) is 0 Å². The van der Waals surface area contributed by atoms with Gasteiger partial charge in [-0.3, -0.25) is 10.1 Å². The molecule has 0 radical (unpaired) electrons. The molecule has 1 atom stereocenters. The fraction of sp³-hybridized carbons (Fsp3) is 0.562. The van der Waals surface area contributed by atoms with Gasteiger partial charge in [-0.2, -0.15) is 0 Å². The summed E-state index contributed by atoms with van der Waals surface area (Å²) < 4.78 is 10.4. The summed E-state index contributed by atoms with van der Waals surface area (Å²) in [4.78, 5) is 24.7. The van der Waals surface area contributed by atoms with E-state index in [0.29, 0.717) is 30.9 Å². The topological polar surface area (TPSA) is 93.9 Å². The Morgan fingerprint density at radius 3 is 2.71 bits per heavy atom. The molecule has 1 N–H and O–H groups in total. The van der Waals surface area contributed by atoms with E-state index in [9.17, 15) is 14.9 Å². The van der Waals surface area contributed by atoms with E-state index < -0.39 is 16.6 Å². The molecule has 8 heteroatoms. The van der Waals surface area contributed by atoms with Crippen LogP contribution in [0.15, 0.2) is 18.2 Å². The summed E-state index contributed by atoms with van der Waals surface area (Å²) in [6, 6.07) is 4.39. The minimum absolute atomic E-state index is 0.0297. The van der Waals surface area contributed by atoms with Crippen LogP contribution in [0.2, 0.25) is 0 Å². The van der Waals surface area contributed by atoms with E-state index in [2.05, 4.69) is 5.32 Å². The Morgan fingerprint density at radius 2 is 2.12 bits per heavy atom. The molecule has 0 spiro atoms. The molecule has 1 heterocycles. The van der Waals surface area contributed by atoms with Crippen molar-refractivity contribution in [2.24, 2.45) is 0 Å². The predicted octanol–water partition coefficient (Wildman–Crippen LogP) is 2.48. The Kier molecular flexibility index (Phi) is 5.28. The van der Waals surface area contributed by atoms with Gasteiger partial charge in [-0.25, -0.2) is 4.79 Å². The third-order valence-electron chi connectivity index (χ3n) is 3.64. The first-order valence-electron chi connectivity index (χ1n) is 7.75. The van der Waals surface area contributed by atoms with Crippen LogP contribution in [0.3, 0.4) is 0 Å². The van der Waals surface area contributed by atoms with Crippen LogP contribution in [0.1, 0.15) is 32.4 Å². The molecule has 0 aliphatic carbocycles. The maximum absolute atomic E-state index is 12.2. The van der Waals surface area contributed by atoms with Gasteiger partial charge in [0.1, 0.15) is 11.4 Å². The molecule has 1 aliphatic heterocycles. The van der Waals surface area contributed by atoms with Crippen LogP contribution >= 0.6 is 0 Å². The van der Waals surface area contributed by atoms with Crippen LogP contribution in [0.4, 0.5) is 10.5 Å². The first-order valence-corrected chi connectivity index (χ1v) is 7.75. The number of nitrogens with zero attached hydrogens (tertiary/aromatic N) is 2. The molecular weight excluding hydrogens is 314 g/mol. The minimum atomic E-state index is -0.580. The van der Waals surface area contributed by atoms with Crippen LogP contribution in [0.25, 0.3) is 0 Å². The van der Waals surface area contributed by atoms with Crippen molar-refractivity contribution in [1.82, 2.24) is 10.2 Å². The van der Waals surface area contributed by atoms with E-state index in [-0.39, 0.29) is 11.7 Å². The normalized spacial score (nSPS) is 18.2. The number of hydrogen-bond acceptors (Lipinski definition) is 6. The zero-order valence-corrected chi connectivity index (χ0v) is 14.4. The van der Waals surface area contributed by atoms with Gasteiger partial charge in [0.05, 0.1) is 24.1 Å². The number of amides is 1. The van der Waals surface area contributed by atoms with Crippen molar-refractivity contribution < 1.29 is 19.2 Å². The maximum atomic E-state index is 12.2. The highest BCUT2D eigenvalue weighted by Crippen LogP contribution is 2.31. The van der Waals surface area contributed by atoms with Crippen LogP contribution in [-0.2, 0) is 4.74 Å². The highest BCUT2D eigenvalue weighted by molar-refractivity contribution is 5.68. The minimum Gasteiger partial charge on any atom is -0.497 e. The average molecular weight is 337 g/mol. The zero-order chi connectivity index (χ0) is 17.9. The van der Waals surface area contributed by atoms with E-state index in [1.807, 2.05) is 0 Å². The van der Waals surface area contributed by atoms with E-state index in [1.54, 1.807) is 37.8 Å². The van der Waals surface area contributed by atoms with E-state index in [4.69, 9.17) is 9.47 Å². The van der Waals surface area contributed by atoms with Crippen molar-refractivity contribution >= 4 is 11.8 Å². The molecule has 2 rings (SSSR count). The van der Waals surface area contributed by atoms with Crippen molar-refractivity contribution in [3.63, 3.8) is 0 Å². The van der Waals surface area contributed by atoms with Crippen molar-refractivity contribution in [3.8, 4) is 5.75 Å². The highest BCUT2D eigenvalue weighted by atomic mass is 16.6. The molecule has 1 fully saturated rings. The number of nitrogens with one attached hydrogen (secondary N) is 1. The average Bonchev–Trinajstić information content (AvgIpc) is 2.52. The number of ether oxygens (including phenoxy) is 2. The molecule has 24 heavy (non-hydrogen) atoms. The van der Waals surface area contributed by atoms with Crippen LogP contribution in [0, 0.1) is 10.1 Å². The smallest absolute Gasteiger partial charge is 0.410 e. The summed E-state index contributed by atoms with van der Waals surface area (Å²) in [6.07, 6.45) is -0.412. The molecule has 1 saturated heterocycles. The number of nitro benzene ring substituents is 1. The Bertz CT molecular complexity index is 627. The van der Waals surface area contributed by atoms with Crippen LogP contribution < -0.4 is 10.1 Å². The third-order valence-corrected chi connectivity index (χ3v) is 3.64. The van der Waals surface area contributed by atoms with Crippen molar-refractivity contribution in [2.45, 2.75) is 32.4 Å². The summed E-state index contributed by atoms with van der Waals surface area (Å²) in [5, 5.41) is 14.6. The molecule has 1 amide bonds. The van der Waals surface area contributed by atoms with E-state index >= 15 is 0 Å². The lowest BCUT2D eigenvalue weighted by molar-refractivity contribution is -0.385. The zero-order valence-electron chi connectivity index (χ0n) is 14.4. The van der Waals surface area contributed by atoms with Gasteiger partial charge in [0.15, 0.2) is 0 Å². The molecule has 0 saturated carbocycles. The third kappa shape index (κ3) is 4.35. The van der Waals surface area contributed by atoms with Gasteiger partial charge in [-0.05, 0) is 32.9 Å². The number of methoxy groups -OCH3 is 1. The monoisotopic (exact) mass is 337 g/mol. The molecule has 1 aliphatic rings. The molecule has 0 aromatic heterocycles. The Hall–Kier alpha value is -2.35. The Balaban J connectivity index is 2.20. The molecule has 8 nitrogen and oxygen atoms in total. The summed E-state index contributed by atoms with van der Waals surface area (Å²) in [5.74, 6) is 0.422. The lowest BCUT2D eigenvalue weighted by atomic mass is 10.0. The molecular formula is C16H23N3O5. The second-order valence-electron chi connectivity index (χ2n) is 6.61. The van der Waals surface area contributed by atoms with Crippen LogP contribution in [0.5, 0.6) is 5.75 Å². The summed E-state index contributed by atoms with van der Waals surface area (Å²) >= 11 is 0. The first-order chi connectivity index (χ1) is 11.2. The van der Waals surface area contributed by atoms with E-state index in [0.717, 1.165) is 0 Å².